The number of hydrogen-bond donors (Lipinski definition) is 6. The Balaban J connectivity index is 2.16. The predicted molar refractivity (Wildman–Crippen MR) is 220 cm³/mol. The molecule has 0 saturated carbocycles. The Labute approximate surface area is 343 Å². The Morgan fingerprint density at radius 1 is 0.678 bits per heavy atom. The molecule has 0 aliphatic rings. The van der Waals surface area contributed by atoms with Crippen molar-refractivity contribution in [1.82, 2.24) is 20.1 Å². The van der Waals surface area contributed by atoms with Crippen LogP contribution >= 0.6 is 30.4 Å². The Morgan fingerprint density at radius 2 is 1.12 bits per heavy atom. The minimum absolute atomic E-state index is 0.0971. The first-order chi connectivity index (χ1) is 27.7. The van der Waals surface area contributed by atoms with E-state index in [0.717, 1.165) is 0 Å². The van der Waals surface area contributed by atoms with E-state index in [1.807, 2.05) is 0 Å². The number of amides is 1. The molecule has 0 bridgehead atoms. The van der Waals surface area contributed by atoms with Crippen molar-refractivity contribution in [3.05, 3.63) is 76.6 Å². The Morgan fingerprint density at radius 3 is 1.54 bits per heavy atom. The van der Waals surface area contributed by atoms with E-state index in [2.05, 4.69) is 22.1 Å². The van der Waals surface area contributed by atoms with E-state index in [4.69, 9.17) is 23.2 Å². The van der Waals surface area contributed by atoms with Crippen LogP contribution in [0.25, 0.3) is 10.8 Å². The van der Waals surface area contributed by atoms with Crippen molar-refractivity contribution >= 4 is 53.0 Å². The molecule has 0 fully saturated rings. The summed E-state index contributed by atoms with van der Waals surface area (Å²) in [7, 11) is -17.3. The van der Waals surface area contributed by atoms with E-state index in [-0.39, 0.29) is 70.3 Å². The topological polar surface area (TPSA) is 272 Å². The van der Waals surface area contributed by atoms with Crippen molar-refractivity contribution in [2.45, 2.75) is 53.6 Å². The minimum Gasteiger partial charge on any atom is -0.481 e. The third-order valence-electron chi connectivity index (χ3n) is 7.90. The average Bonchev–Trinajstić information content (AvgIpc) is 3.11. The smallest absolute Gasteiger partial charge is 0.342 e. The lowest BCUT2D eigenvalue weighted by Gasteiger charge is -2.27. The summed E-state index contributed by atoms with van der Waals surface area (Å²) in [4.78, 5) is 72.9. The zero-order chi connectivity index (χ0) is 43.9. The number of carboxylic acid groups (broad SMARTS) is 1. The highest BCUT2D eigenvalue weighted by molar-refractivity contribution is 7.54. The van der Waals surface area contributed by atoms with E-state index >= 15 is 0 Å². The second-order valence-corrected chi connectivity index (χ2v) is 20.3. The first-order valence-corrected chi connectivity index (χ1v) is 25.6. The number of fused-ring (bicyclic) bond motifs is 1. The summed E-state index contributed by atoms with van der Waals surface area (Å²) in [5.41, 5.74) is 1.48. The quantitative estimate of drug-likeness (QED) is 0.0345. The van der Waals surface area contributed by atoms with E-state index in [9.17, 15) is 47.4 Å². The molecule has 0 saturated heterocycles. The fraction of sp³-hybridized carbons (Fsp3) is 0.472. The molecular weight excluding hydrogens is 852 g/mol. The predicted octanol–water partition coefficient (Wildman–Crippen LogP) is 5.55. The van der Waals surface area contributed by atoms with Crippen LogP contribution in [0.1, 0.15) is 73.4 Å². The maximum absolute atomic E-state index is 13.1. The Bertz CT molecular complexity index is 2040. The highest BCUT2D eigenvalue weighted by atomic mass is 31.2. The van der Waals surface area contributed by atoms with Gasteiger partial charge in [-0.15, -0.1) is 0 Å². The molecule has 3 aromatic rings. The molecule has 6 N–H and O–H groups in total. The van der Waals surface area contributed by atoms with Gasteiger partial charge in [0.1, 0.15) is 25.1 Å². The van der Waals surface area contributed by atoms with Crippen LogP contribution in [0.2, 0.25) is 0 Å². The van der Waals surface area contributed by atoms with Gasteiger partial charge in [-0.2, -0.15) is 0 Å². The minimum atomic E-state index is -4.32. The van der Waals surface area contributed by atoms with E-state index in [1.165, 1.54) is 49.6 Å². The van der Waals surface area contributed by atoms with Gasteiger partial charge in [-0.3, -0.25) is 42.6 Å². The van der Waals surface area contributed by atoms with E-state index in [1.54, 1.807) is 36.4 Å². The summed E-state index contributed by atoms with van der Waals surface area (Å²) in [5, 5.41) is 12.8. The van der Waals surface area contributed by atoms with Gasteiger partial charge >= 0.3 is 36.4 Å². The summed E-state index contributed by atoms with van der Waals surface area (Å²) in [6.45, 7) is 5.10. The number of rotatable bonds is 25. The third kappa shape index (κ3) is 17.8. The lowest BCUT2D eigenvalue weighted by Crippen LogP contribution is -2.29. The van der Waals surface area contributed by atoms with Crippen LogP contribution in [0, 0.1) is 11.8 Å². The molecule has 0 spiro atoms. The van der Waals surface area contributed by atoms with Gasteiger partial charge in [-0.25, -0.2) is 0 Å². The maximum Gasteiger partial charge on any atom is 0.342 e. The van der Waals surface area contributed by atoms with Gasteiger partial charge in [-0.05, 0) is 69.2 Å². The van der Waals surface area contributed by atoms with Crippen LogP contribution < -0.4 is 5.32 Å². The summed E-state index contributed by atoms with van der Waals surface area (Å²) in [5.74, 6) is 4.78. The monoisotopic (exact) mass is 904 g/mol. The maximum atomic E-state index is 13.1. The number of nitrogens with zero attached hydrogens (tertiary/aromatic N) is 3. The van der Waals surface area contributed by atoms with Crippen LogP contribution in [0.5, 0.6) is 0 Å². The second kappa shape index (κ2) is 23.2. The number of benzene rings is 2. The zero-order valence-electron chi connectivity index (χ0n) is 33.3. The molecule has 19 nitrogen and oxygen atoms in total. The van der Waals surface area contributed by atoms with Crippen LogP contribution in [0.15, 0.2) is 48.5 Å². The standard InChI is InChI=1S/C36H52N4O15P4/c1-5-52-56(44,45)24-39(25-57(46,47)53-6-2)22-30-20-28(21-31(38-30)23-40(26-58(48,49)54-7-3)27-59(50,51)55-8-4)15-16-29-17-18-34(33-13-10-9-12-32(29)33)36(43)37-19-11-14-35(41)42/h9-10,12-13,17-18,20-21H,5-8,11,14,19,22-27H2,1-4H3,(H,37,43)(H,41,42)(H,44,45)(H,46,47)(H,48,49)(H,50,51). The van der Waals surface area contributed by atoms with Crippen molar-refractivity contribution in [1.29, 1.82) is 0 Å². The first-order valence-electron chi connectivity index (χ1n) is 18.5. The van der Waals surface area contributed by atoms with Crippen molar-refractivity contribution < 1.29 is 70.6 Å². The van der Waals surface area contributed by atoms with Gasteiger partial charge in [0.05, 0.1) is 37.8 Å². The van der Waals surface area contributed by atoms with Crippen molar-refractivity contribution in [2.75, 3.05) is 58.1 Å². The van der Waals surface area contributed by atoms with Gasteiger partial charge in [0.2, 0.25) is 0 Å². The normalized spacial score (nSPS) is 15.8. The second-order valence-electron chi connectivity index (χ2n) is 13.0. The van der Waals surface area contributed by atoms with Crippen LogP contribution in [-0.4, -0.2) is 109 Å². The van der Waals surface area contributed by atoms with E-state index in [0.29, 0.717) is 27.5 Å². The van der Waals surface area contributed by atoms with Crippen LogP contribution in [0.4, 0.5) is 0 Å². The van der Waals surface area contributed by atoms with Gasteiger partial charge in [-0.1, -0.05) is 36.1 Å². The number of aromatic nitrogens is 1. The number of aliphatic carboxylic acids is 1. The number of nitrogens with one attached hydrogen (secondary N) is 1. The summed E-state index contributed by atoms with van der Waals surface area (Å²) in [6, 6.07) is 13.3. The highest BCUT2D eigenvalue weighted by Gasteiger charge is 2.32. The fourth-order valence-electron chi connectivity index (χ4n) is 5.89. The third-order valence-corrected chi connectivity index (χ3v) is 13.6. The summed E-state index contributed by atoms with van der Waals surface area (Å²) >= 11 is 0. The molecule has 4 unspecified atom stereocenters. The Hall–Kier alpha value is -3.13. The van der Waals surface area contributed by atoms with Gasteiger partial charge in [0, 0.05) is 42.7 Å². The Kier molecular flexibility index (Phi) is 19.7. The molecule has 0 radical (unpaired) electrons. The largest absolute Gasteiger partial charge is 0.481 e. The molecule has 3 rings (SSSR count). The van der Waals surface area contributed by atoms with Gasteiger partial charge in [0.25, 0.3) is 5.91 Å². The fourth-order valence-corrected chi connectivity index (χ4v) is 11.0. The molecule has 0 aliphatic heterocycles. The van der Waals surface area contributed by atoms with Crippen molar-refractivity contribution in [3.63, 3.8) is 0 Å². The molecule has 23 heteroatoms. The lowest BCUT2D eigenvalue weighted by atomic mass is 9.99. The SMILES string of the molecule is CCOP(=O)(O)CN(Cc1cc(C#Cc2ccc(C(=O)NCCCC(=O)O)c3ccccc23)cc(CN(CP(=O)(O)OCC)CP(=O)(O)OCC)n1)CP(=O)(O)OCC. The number of carboxylic acids is 1. The average molecular weight is 905 g/mol. The number of hydrogen-bond acceptors (Lipinski definition) is 13. The molecule has 1 heterocycles. The van der Waals surface area contributed by atoms with Crippen LogP contribution in [-0.2, 0) is 54.2 Å². The van der Waals surface area contributed by atoms with Crippen LogP contribution in [0.3, 0.4) is 0 Å². The lowest BCUT2D eigenvalue weighted by molar-refractivity contribution is -0.137. The molecule has 1 aromatic heterocycles. The first kappa shape index (κ1) is 50.2. The number of carbonyl (C=O) groups is 2. The summed E-state index contributed by atoms with van der Waals surface area (Å²) < 4.78 is 71.7. The molecule has 4 atom stereocenters. The highest BCUT2D eigenvalue weighted by Crippen LogP contribution is 2.49. The molecular formula is C36H52N4O15P4. The molecule has 1 amide bonds. The van der Waals surface area contributed by atoms with Gasteiger partial charge < -0.3 is 48.1 Å². The zero-order valence-corrected chi connectivity index (χ0v) is 36.8. The molecule has 326 valence electrons. The van der Waals surface area contributed by atoms with Crippen molar-refractivity contribution in [2.24, 2.45) is 0 Å². The number of pyridine rings is 1. The van der Waals surface area contributed by atoms with E-state index < -0.39 is 67.4 Å². The van der Waals surface area contributed by atoms with Gasteiger partial charge in [0.15, 0.2) is 0 Å². The van der Waals surface area contributed by atoms with Crippen molar-refractivity contribution in [3.8, 4) is 11.8 Å². The molecule has 2 aromatic carbocycles. The summed E-state index contributed by atoms with van der Waals surface area (Å²) in [6.07, 6.45) is -2.59. The molecule has 59 heavy (non-hydrogen) atoms. The number of carbonyl (C=O) groups excluding carboxylic acids is 1. The molecule has 0 aliphatic carbocycles.